The zero-order valence-electron chi connectivity index (χ0n) is 10.5. The van der Waals surface area contributed by atoms with Gasteiger partial charge in [-0.3, -0.25) is 0 Å². The Balaban J connectivity index is 2.18. The molecule has 2 rings (SSSR count). The van der Waals surface area contributed by atoms with E-state index in [1.54, 1.807) is 30.3 Å². The molecule has 2 N–H and O–H groups in total. The maximum absolute atomic E-state index is 13.4. The minimum atomic E-state index is -1.40. The van der Waals surface area contributed by atoms with E-state index in [1.807, 2.05) is 6.07 Å². The first-order chi connectivity index (χ1) is 9.55. The van der Waals surface area contributed by atoms with Crippen molar-refractivity contribution in [3.05, 3.63) is 65.7 Å². The van der Waals surface area contributed by atoms with Crippen LogP contribution in [0.5, 0.6) is 5.75 Å². The zero-order valence-corrected chi connectivity index (χ0v) is 10.5. The molecule has 0 saturated heterocycles. The Morgan fingerprint density at radius 3 is 2.45 bits per heavy atom. The SMILES string of the molecule is N#CC(N)(COc1ccc(F)cc1F)c1ccccc1. The Labute approximate surface area is 115 Å². The van der Waals surface area contributed by atoms with Gasteiger partial charge in [0.2, 0.25) is 0 Å². The first-order valence-corrected chi connectivity index (χ1v) is 5.89. The maximum atomic E-state index is 13.4. The summed E-state index contributed by atoms with van der Waals surface area (Å²) >= 11 is 0. The van der Waals surface area contributed by atoms with Gasteiger partial charge >= 0.3 is 0 Å². The van der Waals surface area contributed by atoms with E-state index < -0.39 is 17.2 Å². The van der Waals surface area contributed by atoms with Crippen LogP contribution in [0.25, 0.3) is 0 Å². The molecule has 0 aliphatic rings. The van der Waals surface area contributed by atoms with Crippen molar-refractivity contribution in [3.8, 4) is 11.8 Å². The number of hydrogen-bond acceptors (Lipinski definition) is 3. The van der Waals surface area contributed by atoms with Crippen molar-refractivity contribution in [1.29, 1.82) is 5.26 Å². The van der Waals surface area contributed by atoms with Crippen LogP contribution in [0.4, 0.5) is 8.78 Å². The van der Waals surface area contributed by atoms with Gasteiger partial charge in [-0.05, 0) is 17.7 Å². The van der Waals surface area contributed by atoms with Gasteiger partial charge in [-0.25, -0.2) is 8.78 Å². The third-order valence-corrected chi connectivity index (χ3v) is 2.84. The topological polar surface area (TPSA) is 59.0 Å². The van der Waals surface area contributed by atoms with Gasteiger partial charge < -0.3 is 10.5 Å². The van der Waals surface area contributed by atoms with Crippen LogP contribution in [0.1, 0.15) is 5.56 Å². The number of hydrogen-bond donors (Lipinski definition) is 1. The van der Waals surface area contributed by atoms with Gasteiger partial charge in [-0.1, -0.05) is 30.3 Å². The van der Waals surface area contributed by atoms with Crippen LogP contribution in [-0.2, 0) is 5.54 Å². The Hall–Kier alpha value is -2.45. The van der Waals surface area contributed by atoms with E-state index in [2.05, 4.69) is 0 Å². The monoisotopic (exact) mass is 274 g/mol. The van der Waals surface area contributed by atoms with Crippen LogP contribution in [0.2, 0.25) is 0 Å². The third-order valence-electron chi connectivity index (χ3n) is 2.84. The average Bonchev–Trinajstić information content (AvgIpc) is 2.47. The number of benzene rings is 2. The normalized spacial score (nSPS) is 13.3. The van der Waals surface area contributed by atoms with E-state index in [1.165, 1.54) is 0 Å². The van der Waals surface area contributed by atoms with E-state index in [0.29, 0.717) is 11.6 Å². The molecule has 0 amide bonds. The van der Waals surface area contributed by atoms with Crippen LogP contribution in [0, 0.1) is 23.0 Å². The molecule has 1 atom stereocenters. The summed E-state index contributed by atoms with van der Waals surface area (Å²) in [6.07, 6.45) is 0. The molecule has 102 valence electrons. The van der Waals surface area contributed by atoms with Gasteiger partial charge in [-0.2, -0.15) is 5.26 Å². The fourth-order valence-electron chi connectivity index (χ4n) is 1.70. The van der Waals surface area contributed by atoms with Gasteiger partial charge in [-0.15, -0.1) is 0 Å². The van der Waals surface area contributed by atoms with Crippen molar-refractivity contribution < 1.29 is 13.5 Å². The molecule has 2 aromatic rings. The smallest absolute Gasteiger partial charge is 0.167 e. The number of nitrogens with two attached hydrogens (primary N) is 1. The molecule has 0 aromatic heterocycles. The highest BCUT2D eigenvalue weighted by atomic mass is 19.1. The van der Waals surface area contributed by atoms with E-state index in [-0.39, 0.29) is 12.4 Å². The van der Waals surface area contributed by atoms with Crippen molar-refractivity contribution in [1.82, 2.24) is 0 Å². The summed E-state index contributed by atoms with van der Waals surface area (Å²) in [6.45, 7) is -0.240. The second kappa shape index (κ2) is 5.68. The van der Waals surface area contributed by atoms with Crippen LogP contribution < -0.4 is 10.5 Å². The Morgan fingerprint density at radius 1 is 1.15 bits per heavy atom. The Kier molecular flexibility index (Phi) is 3.97. The summed E-state index contributed by atoms with van der Waals surface area (Å²) in [4.78, 5) is 0. The predicted octanol–water partition coefficient (Wildman–Crippen LogP) is 2.72. The molecule has 0 heterocycles. The highest BCUT2D eigenvalue weighted by Gasteiger charge is 2.28. The molecule has 0 radical (unpaired) electrons. The number of ether oxygens (including phenoxy) is 1. The summed E-state index contributed by atoms with van der Waals surface area (Å²) in [5.74, 6) is -1.68. The maximum Gasteiger partial charge on any atom is 0.167 e. The predicted molar refractivity (Wildman–Crippen MR) is 69.8 cm³/mol. The number of halogens is 2. The Morgan fingerprint density at radius 2 is 1.85 bits per heavy atom. The van der Waals surface area contributed by atoms with Gasteiger partial charge in [0.1, 0.15) is 12.4 Å². The molecule has 0 spiro atoms. The molecule has 1 unspecified atom stereocenters. The van der Waals surface area contributed by atoms with Gasteiger partial charge in [0.05, 0.1) is 6.07 Å². The second-order valence-corrected chi connectivity index (χ2v) is 4.31. The summed E-state index contributed by atoms with van der Waals surface area (Å²) in [7, 11) is 0. The Bertz CT molecular complexity index is 640. The van der Waals surface area contributed by atoms with Gasteiger partial charge in [0, 0.05) is 6.07 Å². The molecule has 5 heteroatoms. The molecule has 0 aliphatic heterocycles. The first kappa shape index (κ1) is 14.0. The van der Waals surface area contributed by atoms with E-state index in [4.69, 9.17) is 10.5 Å². The van der Waals surface area contributed by atoms with Crippen molar-refractivity contribution in [2.75, 3.05) is 6.61 Å². The summed E-state index contributed by atoms with van der Waals surface area (Å²) < 4.78 is 31.4. The fraction of sp³-hybridized carbons (Fsp3) is 0.133. The summed E-state index contributed by atoms with van der Waals surface area (Å²) in [6, 6.07) is 13.6. The summed E-state index contributed by atoms with van der Waals surface area (Å²) in [5, 5.41) is 9.22. The van der Waals surface area contributed by atoms with Crippen LogP contribution in [-0.4, -0.2) is 6.61 Å². The van der Waals surface area contributed by atoms with E-state index in [9.17, 15) is 14.0 Å². The highest BCUT2D eigenvalue weighted by Crippen LogP contribution is 2.22. The minimum Gasteiger partial charge on any atom is -0.487 e. The van der Waals surface area contributed by atoms with E-state index in [0.717, 1.165) is 12.1 Å². The molecular formula is C15H12F2N2O. The number of nitriles is 1. The van der Waals surface area contributed by atoms with Crippen molar-refractivity contribution >= 4 is 0 Å². The fourth-order valence-corrected chi connectivity index (χ4v) is 1.70. The summed E-state index contributed by atoms with van der Waals surface area (Å²) in [5.41, 5.74) is 5.12. The molecule has 0 bridgehead atoms. The lowest BCUT2D eigenvalue weighted by atomic mass is 9.94. The van der Waals surface area contributed by atoms with E-state index >= 15 is 0 Å². The average molecular weight is 274 g/mol. The number of nitrogens with zero attached hydrogens (tertiary/aromatic N) is 1. The minimum absolute atomic E-state index is 0.146. The largest absolute Gasteiger partial charge is 0.487 e. The van der Waals surface area contributed by atoms with Crippen molar-refractivity contribution in [3.63, 3.8) is 0 Å². The second-order valence-electron chi connectivity index (χ2n) is 4.31. The molecule has 20 heavy (non-hydrogen) atoms. The zero-order chi connectivity index (χ0) is 14.6. The molecule has 0 saturated carbocycles. The molecule has 2 aromatic carbocycles. The van der Waals surface area contributed by atoms with Crippen molar-refractivity contribution in [2.24, 2.45) is 5.73 Å². The molecule has 0 aliphatic carbocycles. The number of rotatable bonds is 4. The molecule has 0 fully saturated rings. The standard InChI is InChI=1S/C15H12F2N2O/c16-12-6-7-14(13(17)8-12)20-10-15(19,9-18)11-4-2-1-3-5-11/h1-8H,10,19H2. The van der Waals surface area contributed by atoms with Crippen LogP contribution >= 0.6 is 0 Å². The van der Waals surface area contributed by atoms with Gasteiger partial charge in [0.25, 0.3) is 0 Å². The third kappa shape index (κ3) is 2.92. The molecule has 3 nitrogen and oxygen atoms in total. The van der Waals surface area contributed by atoms with Gasteiger partial charge in [0.15, 0.2) is 17.1 Å². The van der Waals surface area contributed by atoms with Crippen LogP contribution in [0.3, 0.4) is 0 Å². The molecular weight excluding hydrogens is 262 g/mol. The quantitative estimate of drug-likeness (QED) is 0.932. The first-order valence-electron chi connectivity index (χ1n) is 5.89. The lowest BCUT2D eigenvalue weighted by molar-refractivity contribution is 0.244. The van der Waals surface area contributed by atoms with Crippen LogP contribution in [0.15, 0.2) is 48.5 Å². The highest BCUT2D eigenvalue weighted by molar-refractivity contribution is 5.32. The van der Waals surface area contributed by atoms with Crippen molar-refractivity contribution in [2.45, 2.75) is 5.54 Å². The lowest BCUT2D eigenvalue weighted by Crippen LogP contribution is -2.41. The lowest BCUT2D eigenvalue weighted by Gasteiger charge is -2.22.